The first-order valence-electron chi connectivity index (χ1n) is 15.7. The summed E-state index contributed by atoms with van der Waals surface area (Å²) in [4.78, 5) is 10.0. The van der Waals surface area contributed by atoms with E-state index in [-0.39, 0.29) is 0 Å². The maximum absolute atomic E-state index is 6.55. The Hall–Kier alpha value is -5.04. The van der Waals surface area contributed by atoms with Gasteiger partial charge < -0.3 is 13.7 Å². The fourth-order valence-corrected chi connectivity index (χ4v) is 6.09. The van der Waals surface area contributed by atoms with Crippen LogP contribution in [-0.2, 0) is 9.31 Å². The number of para-hydroxylation sites is 1. The molecule has 1 aliphatic rings. The molecular weight excluding hydrogens is 567 g/mol. The molecule has 0 atom stereocenters. The average Bonchev–Trinajstić information content (AvgIpc) is 3.57. The Labute approximate surface area is 269 Å². The van der Waals surface area contributed by atoms with Gasteiger partial charge in [-0.25, -0.2) is 9.97 Å². The molecule has 0 saturated carbocycles. The highest BCUT2D eigenvalue weighted by Crippen LogP contribution is 2.39. The molecule has 224 valence electrons. The first-order chi connectivity index (χ1) is 22.3. The van der Waals surface area contributed by atoms with Crippen LogP contribution in [0.1, 0.15) is 27.7 Å². The number of nitrogens with zero attached hydrogens (tertiary/aromatic N) is 2. The summed E-state index contributed by atoms with van der Waals surface area (Å²) >= 11 is 0. The predicted molar refractivity (Wildman–Crippen MR) is 187 cm³/mol. The molecular formula is C40H33BN2O3. The molecule has 1 fully saturated rings. The largest absolute Gasteiger partial charge is 0.498 e. The van der Waals surface area contributed by atoms with Crippen molar-refractivity contribution in [2.75, 3.05) is 0 Å². The van der Waals surface area contributed by atoms with Crippen LogP contribution in [0.4, 0.5) is 0 Å². The third kappa shape index (κ3) is 4.91. The summed E-state index contributed by atoms with van der Waals surface area (Å²) in [7, 11) is -0.570. The van der Waals surface area contributed by atoms with Crippen molar-refractivity contribution in [2.24, 2.45) is 0 Å². The molecule has 6 heteroatoms. The number of benzene rings is 5. The molecule has 46 heavy (non-hydrogen) atoms. The van der Waals surface area contributed by atoms with E-state index in [4.69, 9.17) is 23.7 Å². The number of rotatable bonds is 5. The number of fused-ring (bicyclic) bond motifs is 3. The van der Waals surface area contributed by atoms with Gasteiger partial charge >= 0.3 is 7.12 Å². The lowest BCUT2D eigenvalue weighted by atomic mass is 9.76. The highest BCUT2D eigenvalue weighted by Gasteiger charge is 2.52. The van der Waals surface area contributed by atoms with Crippen molar-refractivity contribution in [1.29, 1.82) is 0 Å². The number of hydrogen-bond acceptors (Lipinski definition) is 5. The van der Waals surface area contributed by atoms with Crippen molar-refractivity contribution in [3.8, 4) is 45.0 Å². The van der Waals surface area contributed by atoms with Gasteiger partial charge in [0.2, 0.25) is 0 Å². The lowest BCUT2D eigenvalue weighted by molar-refractivity contribution is 0.00578. The minimum Gasteiger partial charge on any atom is -0.456 e. The van der Waals surface area contributed by atoms with Crippen LogP contribution in [0.5, 0.6) is 0 Å². The zero-order chi connectivity index (χ0) is 31.5. The third-order valence-electron chi connectivity index (χ3n) is 9.33. The van der Waals surface area contributed by atoms with Crippen LogP contribution in [0.15, 0.2) is 132 Å². The molecule has 0 unspecified atom stereocenters. The van der Waals surface area contributed by atoms with Crippen LogP contribution in [0.25, 0.3) is 67.0 Å². The highest BCUT2D eigenvalue weighted by atomic mass is 16.7. The normalized spacial score (nSPS) is 15.5. The summed E-state index contributed by atoms with van der Waals surface area (Å²) in [6, 6.07) is 43.5. The van der Waals surface area contributed by atoms with Crippen molar-refractivity contribution in [2.45, 2.75) is 38.9 Å². The van der Waals surface area contributed by atoms with E-state index in [1.165, 1.54) is 0 Å². The average molecular weight is 601 g/mol. The van der Waals surface area contributed by atoms with E-state index in [1.807, 2.05) is 66.7 Å². The van der Waals surface area contributed by atoms with Crippen LogP contribution >= 0.6 is 0 Å². The lowest BCUT2D eigenvalue weighted by Crippen LogP contribution is -2.41. The van der Waals surface area contributed by atoms with E-state index in [1.54, 1.807) is 0 Å². The third-order valence-corrected chi connectivity index (χ3v) is 9.33. The molecule has 5 nitrogen and oxygen atoms in total. The van der Waals surface area contributed by atoms with E-state index in [0.29, 0.717) is 5.82 Å². The van der Waals surface area contributed by atoms with Gasteiger partial charge in [0, 0.05) is 32.9 Å². The summed E-state index contributed by atoms with van der Waals surface area (Å²) in [6.45, 7) is 8.30. The predicted octanol–water partition coefficient (Wildman–Crippen LogP) is 9.34. The SMILES string of the molecule is CC1(C)OB(c2cc(-c3cccc(-c4cc(-c5ccccc5)nc(-c5ccccc5)n4)c3)cc3c2oc2ccccc23)OC1(C)C. The van der Waals surface area contributed by atoms with E-state index in [0.717, 1.165) is 66.6 Å². The second-order valence-corrected chi connectivity index (χ2v) is 12.9. The Morgan fingerprint density at radius 3 is 1.80 bits per heavy atom. The standard InChI is InChI=1S/C40H33BN2O3/c1-39(2)40(3,4)46-41(45-39)33-24-30(23-32-31-20-11-12-21-36(31)44-37(32)33)28-18-13-19-29(22-28)35-25-34(26-14-7-5-8-15-26)42-38(43-35)27-16-9-6-10-17-27/h5-25H,1-4H3. The molecule has 3 heterocycles. The highest BCUT2D eigenvalue weighted by molar-refractivity contribution is 6.65. The summed E-state index contributed by atoms with van der Waals surface area (Å²) in [5.41, 5.74) is 8.41. The maximum atomic E-state index is 6.55. The maximum Gasteiger partial charge on any atom is 0.498 e. The molecule has 0 amide bonds. The Balaban J connectivity index is 1.29. The molecule has 5 aromatic carbocycles. The van der Waals surface area contributed by atoms with E-state index in [2.05, 4.69) is 88.4 Å². The molecule has 8 rings (SSSR count). The molecule has 1 saturated heterocycles. The van der Waals surface area contributed by atoms with Gasteiger partial charge in [-0.15, -0.1) is 0 Å². The van der Waals surface area contributed by atoms with Gasteiger partial charge in [0.15, 0.2) is 5.82 Å². The molecule has 0 bridgehead atoms. The van der Waals surface area contributed by atoms with Crippen LogP contribution in [0.2, 0.25) is 0 Å². The number of furan rings is 1. The summed E-state index contributed by atoms with van der Waals surface area (Å²) in [6.07, 6.45) is 0. The van der Waals surface area contributed by atoms with Crippen molar-refractivity contribution >= 4 is 34.5 Å². The molecule has 1 aliphatic heterocycles. The van der Waals surface area contributed by atoms with Gasteiger partial charge in [-0.1, -0.05) is 103 Å². The van der Waals surface area contributed by atoms with E-state index in [9.17, 15) is 0 Å². The first kappa shape index (κ1) is 28.4. The molecule has 0 aliphatic carbocycles. The Bertz CT molecular complexity index is 2150. The Morgan fingerprint density at radius 1 is 0.500 bits per heavy atom. The first-order valence-corrected chi connectivity index (χ1v) is 15.7. The zero-order valence-corrected chi connectivity index (χ0v) is 26.3. The summed E-state index contributed by atoms with van der Waals surface area (Å²) < 4.78 is 19.5. The van der Waals surface area contributed by atoms with Crippen LogP contribution in [-0.4, -0.2) is 28.3 Å². The second-order valence-electron chi connectivity index (χ2n) is 12.9. The van der Waals surface area contributed by atoms with Gasteiger partial charge in [-0.2, -0.15) is 0 Å². The molecule has 0 N–H and O–H groups in total. The fraction of sp³-hybridized carbons (Fsp3) is 0.150. The quantitative estimate of drug-likeness (QED) is 0.184. The van der Waals surface area contributed by atoms with Gasteiger partial charge in [0.05, 0.1) is 22.6 Å². The topological polar surface area (TPSA) is 57.4 Å². The fourth-order valence-electron chi connectivity index (χ4n) is 6.09. The molecule has 2 aromatic heterocycles. The molecule has 0 spiro atoms. The van der Waals surface area contributed by atoms with Gasteiger partial charge in [-0.05, 0) is 63.1 Å². The van der Waals surface area contributed by atoms with Gasteiger partial charge in [0.1, 0.15) is 11.2 Å². The van der Waals surface area contributed by atoms with Gasteiger partial charge in [0.25, 0.3) is 0 Å². The van der Waals surface area contributed by atoms with Gasteiger partial charge in [-0.3, -0.25) is 0 Å². The minimum absolute atomic E-state index is 0.480. The smallest absolute Gasteiger partial charge is 0.456 e. The number of aromatic nitrogens is 2. The van der Waals surface area contributed by atoms with Crippen molar-refractivity contribution in [1.82, 2.24) is 9.97 Å². The number of hydrogen-bond donors (Lipinski definition) is 0. The van der Waals surface area contributed by atoms with Crippen LogP contribution in [0, 0.1) is 0 Å². The van der Waals surface area contributed by atoms with Crippen molar-refractivity contribution < 1.29 is 13.7 Å². The van der Waals surface area contributed by atoms with Crippen molar-refractivity contribution in [3.63, 3.8) is 0 Å². The minimum atomic E-state index is -0.570. The second kappa shape index (κ2) is 10.8. The Kier molecular flexibility index (Phi) is 6.68. The summed E-state index contributed by atoms with van der Waals surface area (Å²) in [5.74, 6) is 0.691. The van der Waals surface area contributed by atoms with Crippen LogP contribution in [0.3, 0.4) is 0 Å². The van der Waals surface area contributed by atoms with Crippen molar-refractivity contribution in [3.05, 3.63) is 127 Å². The lowest BCUT2D eigenvalue weighted by Gasteiger charge is -2.32. The zero-order valence-electron chi connectivity index (χ0n) is 26.3. The Morgan fingerprint density at radius 2 is 1.09 bits per heavy atom. The van der Waals surface area contributed by atoms with E-state index >= 15 is 0 Å². The monoisotopic (exact) mass is 600 g/mol. The summed E-state index contributed by atoms with van der Waals surface area (Å²) in [5, 5.41) is 2.09. The van der Waals surface area contributed by atoms with E-state index < -0.39 is 18.3 Å². The molecule has 7 aromatic rings. The van der Waals surface area contributed by atoms with Crippen LogP contribution < -0.4 is 5.46 Å². The molecule has 0 radical (unpaired) electrons.